The Bertz CT molecular complexity index is 343. The fraction of sp³-hybridized carbons (Fsp3) is 0.727. The van der Waals surface area contributed by atoms with E-state index in [1.165, 1.54) is 11.9 Å². The number of likely N-dealkylation sites (N-methyl/N-ethyl adjacent to an activating group) is 2. The van der Waals surface area contributed by atoms with Gasteiger partial charge in [-0.05, 0) is 20.3 Å². The lowest BCUT2D eigenvalue weighted by Gasteiger charge is -2.30. The summed E-state index contributed by atoms with van der Waals surface area (Å²) >= 11 is 0. The third kappa shape index (κ3) is 3.61. The van der Waals surface area contributed by atoms with Gasteiger partial charge in [0.15, 0.2) is 5.84 Å². The molecule has 0 aliphatic rings. The van der Waals surface area contributed by atoms with Crippen molar-refractivity contribution >= 4 is 17.6 Å². The second kappa shape index (κ2) is 6.83. The highest BCUT2D eigenvalue weighted by molar-refractivity contribution is 6.06. The maximum atomic E-state index is 12.2. The summed E-state index contributed by atoms with van der Waals surface area (Å²) in [6.45, 7) is 5.59. The number of oxime groups is 1. The predicted octanol–water partition coefficient (Wildman–Crippen LogP) is -0.256. The van der Waals surface area contributed by atoms with E-state index in [2.05, 4.69) is 10.5 Å². The minimum Gasteiger partial charge on any atom is -0.409 e. The number of hydrogen-bond donors (Lipinski definition) is 3. The molecule has 0 heterocycles. The van der Waals surface area contributed by atoms with Crippen molar-refractivity contribution in [2.75, 3.05) is 20.1 Å². The summed E-state index contributed by atoms with van der Waals surface area (Å²) in [5, 5.41) is 14.2. The fourth-order valence-electron chi connectivity index (χ4n) is 1.51. The van der Waals surface area contributed by atoms with Gasteiger partial charge in [-0.15, -0.1) is 0 Å². The van der Waals surface area contributed by atoms with Crippen LogP contribution in [0.1, 0.15) is 27.2 Å². The molecule has 0 fully saturated rings. The van der Waals surface area contributed by atoms with Crippen molar-refractivity contribution in [3.8, 4) is 0 Å². The Balaban J connectivity index is 4.85. The summed E-state index contributed by atoms with van der Waals surface area (Å²) in [7, 11) is 1.51. The Kier molecular flexibility index (Phi) is 6.15. The lowest BCUT2D eigenvalue weighted by Crippen LogP contribution is -2.50. The second-order valence-corrected chi connectivity index (χ2v) is 4.29. The average Bonchev–Trinajstić information content (AvgIpc) is 2.35. The molecular formula is C11H22N4O3. The van der Waals surface area contributed by atoms with Crippen LogP contribution in [0.2, 0.25) is 0 Å². The molecule has 104 valence electrons. The third-order valence-corrected chi connectivity index (χ3v) is 2.95. The maximum Gasteiger partial charge on any atom is 0.239 e. The minimum atomic E-state index is -1.10. The van der Waals surface area contributed by atoms with E-state index < -0.39 is 5.41 Å². The molecule has 1 unspecified atom stereocenters. The molecule has 0 aliphatic carbocycles. The van der Waals surface area contributed by atoms with Gasteiger partial charge in [0, 0.05) is 13.6 Å². The number of nitrogens with two attached hydrogens (primary N) is 1. The number of hydrogen-bond acceptors (Lipinski definition) is 4. The number of rotatable bonds is 6. The first-order valence-corrected chi connectivity index (χ1v) is 5.83. The Morgan fingerprint density at radius 3 is 2.39 bits per heavy atom. The smallest absolute Gasteiger partial charge is 0.239 e. The summed E-state index contributed by atoms with van der Waals surface area (Å²) in [4.78, 5) is 24.9. The van der Waals surface area contributed by atoms with Gasteiger partial charge in [0.05, 0.1) is 6.54 Å². The van der Waals surface area contributed by atoms with Crippen LogP contribution in [0.15, 0.2) is 5.16 Å². The van der Waals surface area contributed by atoms with Gasteiger partial charge in [-0.25, -0.2) is 0 Å². The first kappa shape index (κ1) is 16.2. The van der Waals surface area contributed by atoms with Gasteiger partial charge in [-0.2, -0.15) is 0 Å². The standard InChI is InChI=1S/C11H22N4O3/c1-5-11(3,9(12)14-18)10(17)15(4)7-8(16)13-6-2/h18H,5-7H2,1-4H3,(H2,12,14)(H,13,16). The van der Waals surface area contributed by atoms with Crippen LogP contribution in [-0.4, -0.2) is 47.9 Å². The first-order valence-electron chi connectivity index (χ1n) is 5.83. The van der Waals surface area contributed by atoms with Crippen LogP contribution in [0.25, 0.3) is 0 Å². The molecule has 0 aromatic carbocycles. The molecule has 0 bridgehead atoms. The first-order chi connectivity index (χ1) is 8.33. The molecule has 0 saturated carbocycles. The zero-order valence-electron chi connectivity index (χ0n) is 11.4. The number of nitrogens with one attached hydrogen (secondary N) is 1. The highest BCUT2D eigenvalue weighted by atomic mass is 16.4. The Labute approximate surface area is 107 Å². The predicted molar refractivity (Wildman–Crippen MR) is 68.1 cm³/mol. The van der Waals surface area contributed by atoms with Gasteiger partial charge >= 0.3 is 0 Å². The van der Waals surface area contributed by atoms with Crippen molar-refractivity contribution in [1.29, 1.82) is 0 Å². The van der Waals surface area contributed by atoms with Crippen molar-refractivity contribution in [3.05, 3.63) is 0 Å². The van der Waals surface area contributed by atoms with Crippen LogP contribution in [0.5, 0.6) is 0 Å². The molecule has 0 spiro atoms. The molecule has 4 N–H and O–H groups in total. The quantitative estimate of drug-likeness (QED) is 0.264. The molecule has 7 heteroatoms. The van der Waals surface area contributed by atoms with E-state index >= 15 is 0 Å². The fourth-order valence-corrected chi connectivity index (χ4v) is 1.51. The lowest BCUT2D eigenvalue weighted by atomic mass is 9.84. The summed E-state index contributed by atoms with van der Waals surface area (Å²) in [6.07, 6.45) is 0.376. The monoisotopic (exact) mass is 258 g/mol. The van der Waals surface area contributed by atoms with E-state index in [1.54, 1.807) is 20.8 Å². The van der Waals surface area contributed by atoms with E-state index in [0.29, 0.717) is 13.0 Å². The maximum absolute atomic E-state index is 12.2. The number of carbonyl (C=O) groups is 2. The van der Waals surface area contributed by atoms with Crippen molar-refractivity contribution in [2.45, 2.75) is 27.2 Å². The normalized spacial score (nSPS) is 14.8. The number of amides is 2. The second-order valence-electron chi connectivity index (χ2n) is 4.29. The van der Waals surface area contributed by atoms with Crippen molar-refractivity contribution in [1.82, 2.24) is 10.2 Å². The van der Waals surface area contributed by atoms with Crippen LogP contribution in [0.3, 0.4) is 0 Å². The van der Waals surface area contributed by atoms with E-state index in [4.69, 9.17) is 10.9 Å². The molecule has 0 aliphatic heterocycles. The van der Waals surface area contributed by atoms with Crippen LogP contribution < -0.4 is 11.1 Å². The van der Waals surface area contributed by atoms with Crippen LogP contribution in [0.4, 0.5) is 0 Å². The van der Waals surface area contributed by atoms with E-state index in [0.717, 1.165) is 0 Å². The van der Waals surface area contributed by atoms with Crippen LogP contribution in [-0.2, 0) is 9.59 Å². The zero-order valence-corrected chi connectivity index (χ0v) is 11.4. The highest BCUT2D eigenvalue weighted by Gasteiger charge is 2.38. The number of amidine groups is 1. The Morgan fingerprint density at radius 1 is 1.44 bits per heavy atom. The molecule has 0 aromatic rings. The van der Waals surface area contributed by atoms with Gasteiger partial charge in [-0.1, -0.05) is 12.1 Å². The van der Waals surface area contributed by atoms with Gasteiger partial charge in [-0.3, -0.25) is 9.59 Å². The van der Waals surface area contributed by atoms with Crippen LogP contribution in [0, 0.1) is 5.41 Å². The molecule has 0 saturated heterocycles. The summed E-state index contributed by atoms with van der Waals surface area (Å²) in [5.41, 5.74) is 4.44. The molecule has 0 radical (unpaired) electrons. The largest absolute Gasteiger partial charge is 0.409 e. The lowest BCUT2D eigenvalue weighted by molar-refractivity contribution is -0.140. The Hall–Kier alpha value is -1.79. The van der Waals surface area contributed by atoms with Gasteiger partial charge in [0.1, 0.15) is 5.41 Å². The van der Waals surface area contributed by atoms with Crippen molar-refractivity contribution in [3.63, 3.8) is 0 Å². The minimum absolute atomic E-state index is 0.0546. The molecule has 7 nitrogen and oxygen atoms in total. The van der Waals surface area contributed by atoms with Crippen LogP contribution >= 0.6 is 0 Å². The van der Waals surface area contributed by atoms with E-state index in [1.807, 2.05) is 0 Å². The topological polar surface area (TPSA) is 108 Å². The molecule has 18 heavy (non-hydrogen) atoms. The molecule has 0 aromatic heterocycles. The van der Waals surface area contributed by atoms with Crippen molar-refractivity contribution in [2.24, 2.45) is 16.3 Å². The van der Waals surface area contributed by atoms with Gasteiger partial charge < -0.3 is 21.2 Å². The SMILES string of the molecule is CCNC(=O)CN(C)C(=O)C(C)(CC)C(N)=NO. The number of carbonyl (C=O) groups excluding carboxylic acids is 2. The molecular weight excluding hydrogens is 236 g/mol. The zero-order chi connectivity index (χ0) is 14.3. The molecule has 2 amide bonds. The third-order valence-electron chi connectivity index (χ3n) is 2.95. The van der Waals surface area contributed by atoms with Gasteiger partial charge in [0.2, 0.25) is 11.8 Å². The molecule has 1 atom stereocenters. The summed E-state index contributed by atoms with van der Waals surface area (Å²) < 4.78 is 0. The summed E-state index contributed by atoms with van der Waals surface area (Å²) in [5.74, 6) is -0.754. The molecule has 0 rings (SSSR count). The average molecular weight is 258 g/mol. The van der Waals surface area contributed by atoms with Gasteiger partial charge in [0.25, 0.3) is 0 Å². The summed E-state index contributed by atoms with van der Waals surface area (Å²) in [6, 6.07) is 0. The van der Waals surface area contributed by atoms with E-state index in [9.17, 15) is 9.59 Å². The Morgan fingerprint density at radius 2 is 2.00 bits per heavy atom. The van der Waals surface area contributed by atoms with E-state index in [-0.39, 0.29) is 24.2 Å². The number of nitrogens with zero attached hydrogens (tertiary/aromatic N) is 2. The van der Waals surface area contributed by atoms with Crippen molar-refractivity contribution < 1.29 is 14.8 Å². The highest BCUT2D eigenvalue weighted by Crippen LogP contribution is 2.23.